The highest BCUT2D eigenvalue weighted by molar-refractivity contribution is 5.83. The summed E-state index contributed by atoms with van der Waals surface area (Å²) >= 11 is 0. The van der Waals surface area contributed by atoms with Gasteiger partial charge in [-0.3, -0.25) is 14.7 Å². The molecule has 1 saturated carbocycles. The summed E-state index contributed by atoms with van der Waals surface area (Å²) in [6, 6.07) is 11.9. The maximum atomic E-state index is 13.0. The number of amides is 1. The van der Waals surface area contributed by atoms with Gasteiger partial charge in [0.05, 0.1) is 11.8 Å². The molecule has 5 nitrogen and oxygen atoms in total. The predicted molar refractivity (Wildman–Crippen MR) is 111 cm³/mol. The highest BCUT2D eigenvalue weighted by atomic mass is 16.5. The third kappa shape index (κ3) is 4.90. The van der Waals surface area contributed by atoms with E-state index < -0.39 is 0 Å². The van der Waals surface area contributed by atoms with Crippen molar-refractivity contribution in [2.75, 3.05) is 14.1 Å². The van der Waals surface area contributed by atoms with Crippen molar-refractivity contribution < 1.29 is 9.53 Å². The van der Waals surface area contributed by atoms with Crippen LogP contribution in [0.2, 0.25) is 0 Å². The third-order valence-electron chi connectivity index (χ3n) is 5.52. The van der Waals surface area contributed by atoms with Crippen molar-refractivity contribution in [1.29, 1.82) is 0 Å². The summed E-state index contributed by atoms with van der Waals surface area (Å²) in [4.78, 5) is 19.3. The molecule has 1 fully saturated rings. The van der Waals surface area contributed by atoms with Crippen molar-refractivity contribution >= 4 is 5.91 Å². The average Bonchev–Trinajstić information content (AvgIpc) is 2.67. The van der Waals surface area contributed by atoms with E-state index in [0.717, 1.165) is 48.3 Å². The molecule has 28 heavy (non-hydrogen) atoms. The Morgan fingerprint density at radius 3 is 2.46 bits per heavy atom. The maximum Gasteiger partial charge on any atom is 0.242 e. The van der Waals surface area contributed by atoms with Gasteiger partial charge in [0.2, 0.25) is 5.91 Å². The first kappa shape index (κ1) is 20.3. The Balaban J connectivity index is 1.57. The van der Waals surface area contributed by atoms with Crippen LogP contribution in [0, 0.1) is 13.8 Å². The second kappa shape index (κ2) is 9.20. The van der Waals surface area contributed by atoms with Gasteiger partial charge in [-0.25, -0.2) is 0 Å². The van der Waals surface area contributed by atoms with E-state index >= 15 is 0 Å². The Morgan fingerprint density at radius 1 is 1.11 bits per heavy atom. The fourth-order valence-electron chi connectivity index (χ4n) is 3.93. The second-order valence-electron chi connectivity index (χ2n) is 7.91. The van der Waals surface area contributed by atoms with Gasteiger partial charge in [0, 0.05) is 12.2 Å². The van der Waals surface area contributed by atoms with Gasteiger partial charge in [-0.15, -0.1) is 0 Å². The lowest BCUT2D eigenvalue weighted by atomic mass is 9.92. The molecule has 0 bridgehead atoms. The average molecular weight is 382 g/mol. The van der Waals surface area contributed by atoms with Gasteiger partial charge in [-0.1, -0.05) is 24.3 Å². The zero-order chi connectivity index (χ0) is 20.1. The number of carbonyl (C=O) groups is 1. The van der Waals surface area contributed by atoms with Crippen LogP contribution >= 0.6 is 0 Å². The normalized spacial score (nSPS) is 20.6. The monoisotopic (exact) mass is 381 g/mol. The first-order valence-corrected chi connectivity index (χ1v) is 10.1. The number of hydrogen-bond acceptors (Lipinski definition) is 4. The molecular weight excluding hydrogens is 350 g/mol. The Morgan fingerprint density at radius 2 is 1.82 bits per heavy atom. The van der Waals surface area contributed by atoms with E-state index in [9.17, 15) is 4.79 Å². The van der Waals surface area contributed by atoms with Crippen molar-refractivity contribution in [3.63, 3.8) is 0 Å². The number of rotatable bonds is 6. The van der Waals surface area contributed by atoms with Crippen molar-refractivity contribution in [3.05, 3.63) is 59.4 Å². The fraction of sp³-hybridized carbons (Fsp3) is 0.478. The molecular formula is C23H31N3O2. The zero-order valence-electron chi connectivity index (χ0n) is 17.3. The number of hydrogen-bond donors (Lipinski definition) is 1. The molecule has 150 valence electrons. The molecule has 1 heterocycles. The van der Waals surface area contributed by atoms with Crippen molar-refractivity contribution in [1.82, 2.24) is 15.2 Å². The molecule has 0 radical (unpaired) electrons. The van der Waals surface area contributed by atoms with Crippen LogP contribution in [-0.4, -0.2) is 42.0 Å². The van der Waals surface area contributed by atoms with E-state index in [-0.39, 0.29) is 24.1 Å². The Bertz CT molecular complexity index is 798. The Kier molecular flexibility index (Phi) is 6.68. The van der Waals surface area contributed by atoms with Gasteiger partial charge in [-0.2, -0.15) is 0 Å². The van der Waals surface area contributed by atoms with Crippen LogP contribution in [0.5, 0.6) is 5.75 Å². The lowest BCUT2D eigenvalue weighted by molar-refractivity contribution is -0.126. The van der Waals surface area contributed by atoms with Gasteiger partial charge in [0.15, 0.2) is 0 Å². The highest BCUT2D eigenvalue weighted by Crippen LogP contribution is 2.27. The first-order chi connectivity index (χ1) is 13.5. The standard InChI is InChI=1S/C23H31N3O2/c1-16-8-5-6-9-20(16)22(26(3)4)23(27)25-18-11-13-19(14-12-18)28-21-10-7-15-24-17(21)2/h5-10,15,18-19,22H,11-14H2,1-4H3,(H,25,27). The maximum absolute atomic E-state index is 13.0. The predicted octanol–water partition coefficient (Wildman–Crippen LogP) is 3.81. The number of aromatic nitrogens is 1. The second-order valence-corrected chi connectivity index (χ2v) is 7.91. The summed E-state index contributed by atoms with van der Waals surface area (Å²) in [5.74, 6) is 0.939. The minimum Gasteiger partial charge on any atom is -0.489 e. The van der Waals surface area contributed by atoms with Crippen LogP contribution in [0.25, 0.3) is 0 Å². The van der Waals surface area contributed by atoms with Crippen molar-refractivity contribution in [2.24, 2.45) is 0 Å². The molecule has 2 aromatic rings. The highest BCUT2D eigenvalue weighted by Gasteiger charge is 2.29. The van der Waals surface area contributed by atoms with Crippen LogP contribution in [0.1, 0.15) is 48.5 Å². The summed E-state index contributed by atoms with van der Waals surface area (Å²) in [5.41, 5.74) is 3.12. The molecule has 1 aromatic heterocycles. The summed E-state index contributed by atoms with van der Waals surface area (Å²) in [5, 5.41) is 3.27. The van der Waals surface area contributed by atoms with E-state index in [1.165, 1.54) is 0 Å². The third-order valence-corrected chi connectivity index (χ3v) is 5.52. The van der Waals surface area contributed by atoms with Crippen LogP contribution < -0.4 is 10.1 Å². The van der Waals surface area contributed by atoms with Crippen molar-refractivity contribution in [3.8, 4) is 5.75 Å². The number of likely N-dealkylation sites (N-methyl/N-ethyl adjacent to an activating group) is 1. The van der Waals surface area contributed by atoms with E-state index in [1.54, 1.807) is 6.20 Å². The number of nitrogens with one attached hydrogen (secondary N) is 1. The first-order valence-electron chi connectivity index (χ1n) is 10.1. The number of benzene rings is 1. The van der Waals surface area contributed by atoms with E-state index in [0.29, 0.717) is 0 Å². The Labute approximate surface area is 168 Å². The van der Waals surface area contributed by atoms with Crippen molar-refractivity contribution in [2.45, 2.75) is 57.7 Å². The summed E-state index contributed by atoms with van der Waals surface area (Å²) in [6.45, 7) is 4.02. The molecule has 1 atom stereocenters. The van der Waals surface area contributed by atoms with Crippen LogP contribution in [0.3, 0.4) is 0 Å². The molecule has 0 aliphatic heterocycles. The van der Waals surface area contributed by atoms with Gasteiger partial charge in [-0.05, 0) is 76.9 Å². The largest absolute Gasteiger partial charge is 0.489 e. The zero-order valence-corrected chi connectivity index (χ0v) is 17.3. The SMILES string of the molecule is Cc1ccccc1C(C(=O)NC1CCC(Oc2cccnc2C)CC1)N(C)C. The summed E-state index contributed by atoms with van der Waals surface area (Å²) in [7, 11) is 3.91. The Hall–Kier alpha value is -2.40. The number of carbonyl (C=O) groups excluding carboxylic acids is 1. The van der Waals surface area contributed by atoms with Gasteiger partial charge < -0.3 is 10.1 Å². The van der Waals surface area contributed by atoms with Crippen LogP contribution in [-0.2, 0) is 4.79 Å². The quantitative estimate of drug-likeness (QED) is 0.827. The molecule has 0 saturated heterocycles. The molecule has 1 aromatic carbocycles. The van der Waals surface area contributed by atoms with Gasteiger partial charge in [0.25, 0.3) is 0 Å². The molecule has 5 heteroatoms. The van der Waals surface area contributed by atoms with Gasteiger partial charge in [0.1, 0.15) is 11.8 Å². The van der Waals surface area contributed by atoms with Crippen LogP contribution in [0.4, 0.5) is 0 Å². The minimum atomic E-state index is -0.270. The number of aryl methyl sites for hydroxylation is 2. The van der Waals surface area contributed by atoms with E-state index in [2.05, 4.69) is 23.3 Å². The molecule has 3 rings (SSSR count). The minimum absolute atomic E-state index is 0.0757. The topological polar surface area (TPSA) is 54.5 Å². The molecule has 1 aliphatic rings. The summed E-state index contributed by atoms with van der Waals surface area (Å²) < 4.78 is 6.13. The lowest BCUT2D eigenvalue weighted by Crippen LogP contribution is -2.44. The van der Waals surface area contributed by atoms with Gasteiger partial charge >= 0.3 is 0 Å². The summed E-state index contributed by atoms with van der Waals surface area (Å²) in [6.07, 6.45) is 5.72. The van der Waals surface area contributed by atoms with E-state index in [4.69, 9.17) is 4.74 Å². The van der Waals surface area contributed by atoms with Crippen LogP contribution in [0.15, 0.2) is 42.6 Å². The molecule has 1 N–H and O–H groups in total. The molecule has 1 unspecified atom stereocenters. The lowest BCUT2D eigenvalue weighted by Gasteiger charge is -2.32. The number of nitrogens with zero attached hydrogens (tertiary/aromatic N) is 2. The van der Waals surface area contributed by atoms with E-state index in [1.807, 2.05) is 56.3 Å². The molecule has 0 spiro atoms. The smallest absolute Gasteiger partial charge is 0.242 e. The number of pyridine rings is 1. The molecule has 1 aliphatic carbocycles. The molecule has 1 amide bonds. The fourth-order valence-corrected chi connectivity index (χ4v) is 3.93. The number of ether oxygens (including phenoxy) is 1.